The molecule has 2 nitrogen and oxygen atoms in total. The van der Waals surface area contributed by atoms with Gasteiger partial charge < -0.3 is 4.90 Å². The molecule has 1 fully saturated rings. The van der Waals surface area contributed by atoms with Gasteiger partial charge in [-0.3, -0.25) is 4.98 Å². The van der Waals surface area contributed by atoms with Crippen LogP contribution in [0.4, 0.5) is 5.69 Å². The molecule has 82 valence electrons. The molecule has 0 amide bonds. The van der Waals surface area contributed by atoms with E-state index in [1.54, 1.807) is 0 Å². The first-order valence-electron chi connectivity index (χ1n) is 5.63. The summed E-state index contributed by atoms with van der Waals surface area (Å²) in [5.74, 6) is 0. The van der Waals surface area contributed by atoms with E-state index >= 15 is 0 Å². The maximum Gasteiger partial charge on any atom is 0.0447 e. The molecule has 1 aromatic heterocycles. The molecule has 0 spiro atoms. The second kappa shape index (κ2) is 4.06. The lowest BCUT2D eigenvalue weighted by Crippen LogP contribution is -2.17. The molecule has 0 unspecified atom stereocenters. The van der Waals surface area contributed by atoms with E-state index in [-0.39, 0.29) is 0 Å². The molecule has 1 aromatic carbocycles. The lowest BCUT2D eigenvalue weighted by molar-refractivity contribution is 0.949. The standard InChI is InChI=1S/C13H13BrN2/c14-12-3-4-13(16-7-1-2-8-16)10-5-6-15-9-11(10)12/h3-6,9H,1-2,7-8H2. The third-order valence-corrected chi connectivity index (χ3v) is 3.88. The molecule has 3 rings (SSSR count). The van der Waals surface area contributed by atoms with Crippen molar-refractivity contribution in [2.24, 2.45) is 0 Å². The van der Waals surface area contributed by atoms with Gasteiger partial charge >= 0.3 is 0 Å². The van der Waals surface area contributed by atoms with Crippen LogP contribution >= 0.6 is 15.9 Å². The first-order valence-corrected chi connectivity index (χ1v) is 6.43. The topological polar surface area (TPSA) is 16.1 Å². The highest BCUT2D eigenvalue weighted by Gasteiger charge is 2.15. The van der Waals surface area contributed by atoms with Crippen molar-refractivity contribution in [2.75, 3.05) is 18.0 Å². The van der Waals surface area contributed by atoms with Crippen molar-refractivity contribution in [3.8, 4) is 0 Å². The lowest BCUT2D eigenvalue weighted by atomic mass is 10.1. The molecule has 0 aliphatic carbocycles. The predicted molar refractivity (Wildman–Crippen MR) is 70.9 cm³/mol. The normalized spacial score (nSPS) is 15.9. The fourth-order valence-corrected chi connectivity index (χ4v) is 2.82. The predicted octanol–water partition coefficient (Wildman–Crippen LogP) is 3.60. The Labute approximate surface area is 103 Å². The van der Waals surface area contributed by atoms with Gasteiger partial charge in [0, 0.05) is 46.4 Å². The van der Waals surface area contributed by atoms with Gasteiger partial charge in [-0.15, -0.1) is 0 Å². The van der Waals surface area contributed by atoms with E-state index in [4.69, 9.17) is 0 Å². The molecule has 1 aliphatic rings. The second-order valence-corrected chi connectivity index (χ2v) is 5.04. The fraction of sp³-hybridized carbons (Fsp3) is 0.308. The van der Waals surface area contributed by atoms with Crippen LogP contribution in [-0.4, -0.2) is 18.1 Å². The molecular weight excluding hydrogens is 264 g/mol. The largest absolute Gasteiger partial charge is 0.371 e. The zero-order valence-electron chi connectivity index (χ0n) is 8.99. The summed E-state index contributed by atoms with van der Waals surface area (Å²) < 4.78 is 1.12. The number of rotatable bonds is 1. The van der Waals surface area contributed by atoms with Crippen LogP contribution in [0.5, 0.6) is 0 Å². The van der Waals surface area contributed by atoms with Crippen LogP contribution in [0.25, 0.3) is 10.8 Å². The van der Waals surface area contributed by atoms with E-state index in [1.165, 1.54) is 42.4 Å². The minimum Gasteiger partial charge on any atom is -0.371 e. The van der Waals surface area contributed by atoms with E-state index in [0.717, 1.165) is 4.47 Å². The summed E-state index contributed by atoms with van der Waals surface area (Å²) in [6.45, 7) is 2.36. The minimum atomic E-state index is 1.12. The molecule has 1 aliphatic heterocycles. The third-order valence-electron chi connectivity index (χ3n) is 3.19. The Hall–Kier alpha value is -1.09. The number of hydrogen-bond acceptors (Lipinski definition) is 2. The van der Waals surface area contributed by atoms with Gasteiger partial charge in [0.1, 0.15) is 0 Å². The molecule has 0 saturated carbocycles. The number of benzene rings is 1. The summed E-state index contributed by atoms with van der Waals surface area (Å²) in [7, 11) is 0. The van der Waals surface area contributed by atoms with Gasteiger partial charge in [0.2, 0.25) is 0 Å². The zero-order valence-corrected chi connectivity index (χ0v) is 10.6. The summed E-state index contributed by atoms with van der Waals surface area (Å²) in [5, 5.41) is 2.50. The number of hydrogen-bond donors (Lipinski definition) is 0. The first kappa shape index (κ1) is 10.1. The van der Waals surface area contributed by atoms with E-state index in [1.807, 2.05) is 12.4 Å². The Morgan fingerprint density at radius 1 is 1.06 bits per heavy atom. The number of fused-ring (bicyclic) bond motifs is 1. The maximum atomic E-state index is 4.19. The Morgan fingerprint density at radius 3 is 2.69 bits per heavy atom. The highest BCUT2D eigenvalue weighted by atomic mass is 79.9. The number of halogens is 1. The first-order chi connectivity index (χ1) is 7.86. The van der Waals surface area contributed by atoms with Crippen LogP contribution in [-0.2, 0) is 0 Å². The van der Waals surface area contributed by atoms with Gasteiger partial charge in [-0.2, -0.15) is 0 Å². The zero-order chi connectivity index (χ0) is 11.0. The number of nitrogens with zero attached hydrogens (tertiary/aromatic N) is 2. The van der Waals surface area contributed by atoms with Crippen LogP contribution < -0.4 is 4.90 Å². The highest BCUT2D eigenvalue weighted by molar-refractivity contribution is 9.10. The molecule has 2 aromatic rings. The molecule has 3 heteroatoms. The number of anilines is 1. The third kappa shape index (κ3) is 1.59. The van der Waals surface area contributed by atoms with Crippen molar-refractivity contribution in [1.29, 1.82) is 0 Å². The molecular formula is C13H13BrN2. The number of pyridine rings is 1. The Balaban J connectivity index is 2.21. The monoisotopic (exact) mass is 276 g/mol. The van der Waals surface area contributed by atoms with Gasteiger partial charge in [-0.05, 0) is 31.0 Å². The lowest BCUT2D eigenvalue weighted by Gasteiger charge is -2.20. The quantitative estimate of drug-likeness (QED) is 0.791. The summed E-state index contributed by atoms with van der Waals surface area (Å²) >= 11 is 3.58. The van der Waals surface area contributed by atoms with Gasteiger partial charge in [0.15, 0.2) is 0 Å². The Morgan fingerprint density at radius 2 is 1.88 bits per heavy atom. The van der Waals surface area contributed by atoms with E-state index in [9.17, 15) is 0 Å². The van der Waals surface area contributed by atoms with Crippen LogP contribution in [0.15, 0.2) is 35.1 Å². The summed E-state index contributed by atoms with van der Waals surface area (Å²) in [4.78, 5) is 6.66. The van der Waals surface area contributed by atoms with Crippen molar-refractivity contribution in [3.05, 3.63) is 35.1 Å². The van der Waals surface area contributed by atoms with E-state index < -0.39 is 0 Å². The van der Waals surface area contributed by atoms with Gasteiger partial charge in [0.05, 0.1) is 0 Å². The van der Waals surface area contributed by atoms with Crippen molar-refractivity contribution in [2.45, 2.75) is 12.8 Å². The SMILES string of the molecule is Brc1ccc(N2CCCC2)c2ccncc12. The van der Waals surface area contributed by atoms with Crippen molar-refractivity contribution < 1.29 is 0 Å². The fourth-order valence-electron chi connectivity index (χ4n) is 2.37. The molecule has 0 bridgehead atoms. The van der Waals surface area contributed by atoms with Gasteiger partial charge in [0.25, 0.3) is 0 Å². The maximum absolute atomic E-state index is 4.19. The smallest absolute Gasteiger partial charge is 0.0447 e. The van der Waals surface area contributed by atoms with E-state index in [0.29, 0.717) is 0 Å². The Kier molecular flexibility index (Phi) is 2.56. The number of aromatic nitrogens is 1. The van der Waals surface area contributed by atoms with Crippen molar-refractivity contribution in [3.63, 3.8) is 0 Å². The minimum absolute atomic E-state index is 1.12. The van der Waals surface area contributed by atoms with Gasteiger partial charge in [-0.25, -0.2) is 0 Å². The molecule has 0 radical (unpaired) electrons. The Bertz CT molecular complexity index is 518. The second-order valence-electron chi connectivity index (χ2n) is 4.18. The molecule has 2 heterocycles. The highest BCUT2D eigenvalue weighted by Crippen LogP contribution is 2.33. The molecule has 0 N–H and O–H groups in total. The molecule has 16 heavy (non-hydrogen) atoms. The summed E-state index contributed by atoms with van der Waals surface area (Å²) in [5.41, 5.74) is 1.35. The van der Waals surface area contributed by atoms with E-state index in [2.05, 4.69) is 44.0 Å². The van der Waals surface area contributed by atoms with Gasteiger partial charge in [-0.1, -0.05) is 15.9 Å². The molecule has 0 atom stereocenters. The average molecular weight is 277 g/mol. The van der Waals surface area contributed by atoms with Crippen LogP contribution in [0.3, 0.4) is 0 Å². The van der Waals surface area contributed by atoms with Crippen LogP contribution in [0.1, 0.15) is 12.8 Å². The van der Waals surface area contributed by atoms with Crippen LogP contribution in [0.2, 0.25) is 0 Å². The summed E-state index contributed by atoms with van der Waals surface area (Å²) in [6.07, 6.45) is 6.42. The average Bonchev–Trinajstić information content (AvgIpc) is 2.83. The summed E-state index contributed by atoms with van der Waals surface area (Å²) in [6, 6.07) is 6.43. The molecule has 1 saturated heterocycles. The van der Waals surface area contributed by atoms with Crippen molar-refractivity contribution >= 4 is 32.4 Å². The van der Waals surface area contributed by atoms with Crippen LogP contribution in [0, 0.1) is 0 Å². The van der Waals surface area contributed by atoms with Crippen molar-refractivity contribution in [1.82, 2.24) is 4.98 Å².